The molecule has 3 aromatic heterocycles. The average Bonchev–Trinajstić information content (AvgIpc) is 3.20. The molecule has 3 heterocycles. The van der Waals surface area contributed by atoms with Gasteiger partial charge in [-0.05, 0) is 24.3 Å². The van der Waals surface area contributed by atoms with Crippen molar-refractivity contribution in [3.05, 3.63) is 59.1 Å². The van der Waals surface area contributed by atoms with Gasteiger partial charge in [-0.15, -0.1) is 0 Å². The Kier molecular flexibility index (Phi) is 5.50. The van der Waals surface area contributed by atoms with Gasteiger partial charge in [0.2, 0.25) is 0 Å². The lowest BCUT2D eigenvalue weighted by molar-refractivity contribution is 0.638. The third-order valence-corrected chi connectivity index (χ3v) is 5.33. The highest BCUT2D eigenvalue weighted by Gasteiger charge is 2.14. The zero-order valence-electron chi connectivity index (χ0n) is 15.6. The van der Waals surface area contributed by atoms with Crippen LogP contribution < -0.4 is 9.62 Å². The largest absolute Gasteiger partial charge is 0.366 e. The summed E-state index contributed by atoms with van der Waals surface area (Å²) in [6, 6.07) is 8.82. The van der Waals surface area contributed by atoms with Crippen LogP contribution >= 0.6 is 23.5 Å². The minimum Gasteiger partial charge on any atom is -0.366 e. The Morgan fingerprint density at radius 1 is 1.17 bits per heavy atom. The number of halogens is 2. The molecule has 10 heteroatoms. The van der Waals surface area contributed by atoms with Crippen molar-refractivity contribution in [2.75, 3.05) is 22.9 Å². The van der Waals surface area contributed by atoms with Crippen molar-refractivity contribution in [1.82, 2.24) is 24.9 Å². The summed E-state index contributed by atoms with van der Waals surface area (Å²) in [5.74, 6) is 1.66. The van der Waals surface area contributed by atoms with Crippen molar-refractivity contribution in [1.29, 1.82) is 0 Å². The molecule has 4 aromatic rings. The number of nitrogens with one attached hydrogen (secondary N) is 2. The highest BCUT2D eigenvalue weighted by atomic mass is 35.5. The Bertz CT molecular complexity index is 1170. The monoisotopic (exact) mass is 429 g/mol. The summed E-state index contributed by atoms with van der Waals surface area (Å²) in [4.78, 5) is 20.5. The SMILES string of the molecule is CSN(C)c1ncccc1CNc1ccnc(-c2nc3c(F)c(Cl)ccc3[nH]2)n1. The lowest BCUT2D eigenvalue weighted by Gasteiger charge is -2.18. The maximum absolute atomic E-state index is 14.2. The number of aromatic nitrogens is 5. The van der Waals surface area contributed by atoms with E-state index in [-0.39, 0.29) is 10.5 Å². The first kappa shape index (κ1) is 19.4. The molecule has 0 fully saturated rings. The van der Waals surface area contributed by atoms with Crippen molar-refractivity contribution in [3.63, 3.8) is 0 Å². The van der Waals surface area contributed by atoms with Crippen LogP contribution in [0.4, 0.5) is 16.0 Å². The zero-order chi connectivity index (χ0) is 20.4. The average molecular weight is 430 g/mol. The maximum atomic E-state index is 14.2. The molecule has 148 valence electrons. The number of pyridine rings is 1. The molecule has 0 saturated carbocycles. The van der Waals surface area contributed by atoms with E-state index in [4.69, 9.17) is 11.6 Å². The fourth-order valence-electron chi connectivity index (χ4n) is 2.82. The third kappa shape index (κ3) is 3.96. The molecule has 0 aliphatic carbocycles. The minimum atomic E-state index is -0.567. The molecular formula is C19H17ClFN7S. The van der Waals surface area contributed by atoms with Gasteiger partial charge in [0.1, 0.15) is 17.2 Å². The summed E-state index contributed by atoms with van der Waals surface area (Å²) < 4.78 is 16.2. The summed E-state index contributed by atoms with van der Waals surface area (Å²) in [6.07, 6.45) is 5.38. The van der Waals surface area contributed by atoms with E-state index in [9.17, 15) is 4.39 Å². The number of aromatic amines is 1. The van der Waals surface area contributed by atoms with Crippen molar-refractivity contribution in [3.8, 4) is 11.6 Å². The molecule has 7 nitrogen and oxygen atoms in total. The van der Waals surface area contributed by atoms with Gasteiger partial charge >= 0.3 is 0 Å². The molecule has 0 saturated heterocycles. The summed E-state index contributed by atoms with van der Waals surface area (Å²) in [7, 11) is 1.96. The van der Waals surface area contributed by atoms with Crippen LogP contribution in [0.5, 0.6) is 0 Å². The van der Waals surface area contributed by atoms with E-state index < -0.39 is 5.82 Å². The molecule has 0 bridgehead atoms. The Morgan fingerprint density at radius 2 is 2.03 bits per heavy atom. The molecule has 0 atom stereocenters. The Labute approximate surface area is 175 Å². The number of H-pyrrole nitrogens is 1. The molecule has 0 spiro atoms. The van der Waals surface area contributed by atoms with Gasteiger partial charge < -0.3 is 14.6 Å². The van der Waals surface area contributed by atoms with Crippen molar-refractivity contribution in [2.45, 2.75) is 6.54 Å². The van der Waals surface area contributed by atoms with Crippen LogP contribution in [-0.2, 0) is 6.54 Å². The molecular weight excluding hydrogens is 413 g/mol. The smallest absolute Gasteiger partial charge is 0.197 e. The molecule has 2 N–H and O–H groups in total. The molecule has 0 aliphatic rings. The lowest BCUT2D eigenvalue weighted by Crippen LogP contribution is -2.12. The van der Waals surface area contributed by atoms with Gasteiger partial charge in [-0.1, -0.05) is 29.6 Å². The normalized spacial score (nSPS) is 11.0. The number of fused-ring (bicyclic) bond motifs is 1. The predicted octanol–water partition coefficient (Wildman–Crippen LogP) is 4.53. The molecule has 4 rings (SSSR count). The second kappa shape index (κ2) is 8.22. The van der Waals surface area contributed by atoms with E-state index in [2.05, 4.69) is 30.2 Å². The van der Waals surface area contributed by atoms with Crippen LogP contribution in [0.15, 0.2) is 42.7 Å². The van der Waals surface area contributed by atoms with E-state index in [0.29, 0.717) is 29.5 Å². The number of hydrogen-bond donors (Lipinski definition) is 2. The molecule has 0 amide bonds. The van der Waals surface area contributed by atoms with Crippen molar-refractivity contribution >= 4 is 46.2 Å². The number of nitrogens with zero attached hydrogens (tertiary/aromatic N) is 5. The van der Waals surface area contributed by atoms with Crippen molar-refractivity contribution in [2.24, 2.45) is 0 Å². The second-order valence-electron chi connectivity index (χ2n) is 6.13. The second-order valence-corrected chi connectivity index (χ2v) is 7.45. The number of anilines is 2. The molecule has 0 unspecified atom stereocenters. The fourth-order valence-corrected chi connectivity index (χ4v) is 3.31. The number of rotatable bonds is 6. The molecule has 0 radical (unpaired) electrons. The summed E-state index contributed by atoms with van der Waals surface area (Å²) in [5, 5.41) is 3.30. The predicted molar refractivity (Wildman–Crippen MR) is 116 cm³/mol. The van der Waals surface area contributed by atoms with Crippen LogP contribution in [0.3, 0.4) is 0 Å². The van der Waals surface area contributed by atoms with E-state index in [0.717, 1.165) is 11.4 Å². The van der Waals surface area contributed by atoms with Gasteiger partial charge in [0.25, 0.3) is 0 Å². The van der Waals surface area contributed by atoms with Gasteiger partial charge in [-0.25, -0.2) is 24.3 Å². The first-order valence-corrected chi connectivity index (χ1v) is 10.3. The Morgan fingerprint density at radius 3 is 2.86 bits per heavy atom. The Balaban J connectivity index is 1.58. The summed E-state index contributed by atoms with van der Waals surface area (Å²) in [5.41, 5.74) is 1.73. The highest BCUT2D eigenvalue weighted by molar-refractivity contribution is 7.99. The van der Waals surface area contributed by atoms with E-state index >= 15 is 0 Å². The van der Waals surface area contributed by atoms with Gasteiger partial charge in [0, 0.05) is 37.8 Å². The van der Waals surface area contributed by atoms with Gasteiger partial charge in [-0.2, -0.15) is 0 Å². The van der Waals surface area contributed by atoms with Gasteiger partial charge in [-0.3, -0.25) is 0 Å². The maximum Gasteiger partial charge on any atom is 0.197 e. The van der Waals surface area contributed by atoms with E-state index in [1.54, 1.807) is 36.5 Å². The van der Waals surface area contributed by atoms with Crippen molar-refractivity contribution < 1.29 is 4.39 Å². The van der Waals surface area contributed by atoms with Gasteiger partial charge in [0.15, 0.2) is 17.5 Å². The Hall–Kier alpha value is -2.91. The standard InChI is InChI=1S/C19H17ClFN7S/c1-28(29-2)19-11(4-3-8-23-19)10-24-14-7-9-22-17(26-14)18-25-13-6-5-12(20)15(21)16(13)27-18/h3-9H,10H2,1-2H3,(H,25,27)(H,22,24,26). The third-order valence-electron chi connectivity index (χ3n) is 4.31. The quantitative estimate of drug-likeness (QED) is 0.435. The van der Waals surface area contributed by atoms with Crippen LogP contribution in [0.25, 0.3) is 22.7 Å². The topological polar surface area (TPSA) is 82.6 Å². The van der Waals surface area contributed by atoms with Gasteiger partial charge in [0.05, 0.1) is 10.5 Å². The number of imidazole rings is 1. The summed E-state index contributed by atoms with van der Waals surface area (Å²) >= 11 is 7.42. The fraction of sp³-hybridized carbons (Fsp3) is 0.158. The van der Waals surface area contributed by atoms with E-state index in [1.807, 2.05) is 29.7 Å². The minimum absolute atomic E-state index is 0.0226. The zero-order valence-corrected chi connectivity index (χ0v) is 17.2. The van der Waals surface area contributed by atoms with Crippen LogP contribution in [0.1, 0.15) is 5.56 Å². The van der Waals surface area contributed by atoms with Crippen LogP contribution in [0.2, 0.25) is 5.02 Å². The lowest BCUT2D eigenvalue weighted by atomic mass is 10.2. The highest BCUT2D eigenvalue weighted by Crippen LogP contribution is 2.26. The molecule has 1 aromatic carbocycles. The molecule has 0 aliphatic heterocycles. The number of benzene rings is 1. The first-order chi connectivity index (χ1) is 14.1. The number of hydrogen-bond acceptors (Lipinski definition) is 7. The summed E-state index contributed by atoms with van der Waals surface area (Å²) in [6.45, 7) is 0.537. The van der Waals surface area contributed by atoms with Crippen LogP contribution in [0, 0.1) is 5.82 Å². The van der Waals surface area contributed by atoms with Crippen LogP contribution in [-0.4, -0.2) is 38.2 Å². The molecule has 29 heavy (non-hydrogen) atoms. The van der Waals surface area contributed by atoms with E-state index in [1.165, 1.54) is 6.07 Å². The first-order valence-electron chi connectivity index (χ1n) is 8.69.